The van der Waals surface area contributed by atoms with E-state index in [0.717, 1.165) is 4.90 Å². The minimum Gasteiger partial charge on any atom is -0.379 e. The highest BCUT2D eigenvalue weighted by molar-refractivity contribution is 5.98. The van der Waals surface area contributed by atoms with Gasteiger partial charge in [0.2, 0.25) is 5.91 Å². The van der Waals surface area contributed by atoms with E-state index in [-0.39, 0.29) is 45.3 Å². The van der Waals surface area contributed by atoms with Crippen LogP contribution in [0.5, 0.6) is 0 Å². The molecule has 4 rings (SSSR count). The smallest absolute Gasteiger partial charge is 0.379 e. The summed E-state index contributed by atoms with van der Waals surface area (Å²) in [4.78, 5) is 29.7. The van der Waals surface area contributed by atoms with Crippen molar-refractivity contribution in [1.29, 1.82) is 0 Å². The number of halogens is 2. The molecule has 3 saturated heterocycles. The monoisotopic (exact) mass is 425 g/mol. The number of anilines is 1. The summed E-state index contributed by atoms with van der Waals surface area (Å²) in [5.41, 5.74) is -1.18. The van der Waals surface area contributed by atoms with Gasteiger partial charge in [-0.25, -0.2) is 0 Å². The molecule has 0 aromatic heterocycles. The molecule has 30 heavy (non-hydrogen) atoms. The highest BCUT2D eigenvalue weighted by Gasteiger charge is 2.58. The standard InChI is InChI=1S/C20H25F2N3O5/c21-20(22)18(27)25(16-4-2-1-3-5-16)14-19(30-20)13-24(8-11-29-15-19)17(26)12-23-6-9-28-10-7-23/h1-5H,6-15H2. The van der Waals surface area contributed by atoms with Gasteiger partial charge in [-0.05, 0) is 12.1 Å². The number of rotatable bonds is 3. The molecular weight excluding hydrogens is 400 g/mol. The maximum Gasteiger partial charge on any atom is 0.437 e. The quantitative estimate of drug-likeness (QED) is 0.706. The van der Waals surface area contributed by atoms with Crippen molar-refractivity contribution < 1.29 is 32.6 Å². The van der Waals surface area contributed by atoms with Gasteiger partial charge in [0.25, 0.3) is 0 Å². The Morgan fingerprint density at radius 1 is 1.00 bits per heavy atom. The second-order valence-electron chi connectivity index (χ2n) is 7.79. The van der Waals surface area contributed by atoms with Crippen LogP contribution in [0.3, 0.4) is 0 Å². The molecule has 3 heterocycles. The van der Waals surface area contributed by atoms with Gasteiger partial charge >= 0.3 is 12.0 Å². The third-order valence-electron chi connectivity index (χ3n) is 5.52. The molecule has 3 fully saturated rings. The van der Waals surface area contributed by atoms with E-state index in [1.54, 1.807) is 30.3 Å². The average Bonchev–Trinajstić information content (AvgIpc) is 2.94. The van der Waals surface area contributed by atoms with E-state index in [1.165, 1.54) is 4.90 Å². The fourth-order valence-corrected chi connectivity index (χ4v) is 4.01. The molecule has 10 heteroatoms. The van der Waals surface area contributed by atoms with Crippen molar-refractivity contribution in [3.8, 4) is 0 Å². The Bertz CT molecular complexity index is 775. The van der Waals surface area contributed by atoms with Crippen LogP contribution < -0.4 is 4.90 Å². The first kappa shape index (κ1) is 21.1. The van der Waals surface area contributed by atoms with Gasteiger partial charge in [0.05, 0.1) is 46.1 Å². The van der Waals surface area contributed by atoms with Crippen molar-refractivity contribution in [3.63, 3.8) is 0 Å². The molecule has 3 aliphatic rings. The predicted octanol–water partition coefficient (Wildman–Crippen LogP) is 0.572. The molecule has 0 saturated carbocycles. The molecule has 1 aromatic carbocycles. The van der Waals surface area contributed by atoms with Crippen LogP contribution in [0.1, 0.15) is 0 Å². The lowest BCUT2D eigenvalue weighted by atomic mass is 10.00. The summed E-state index contributed by atoms with van der Waals surface area (Å²) in [6.07, 6.45) is -4.01. The van der Waals surface area contributed by atoms with Crippen LogP contribution in [0.15, 0.2) is 30.3 Å². The Morgan fingerprint density at radius 3 is 2.43 bits per heavy atom. The van der Waals surface area contributed by atoms with Crippen molar-refractivity contribution in [2.75, 3.05) is 70.6 Å². The first-order valence-electron chi connectivity index (χ1n) is 9.99. The molecule has 0 bridgehead atoms. The summed E-state index contributed by atoms with van der Waals surface area (Å²) in [5.74, 6) is -1.60. The van der Waals surface area contributed by atoms with E-state index < -0.39 is 17.6 Å². The average molecular weight is 425 g/mol. The number of carbonyl (C=O) groups is 2. The number of amides is 2. The summed E-state index contributed by atoms with van der Waals surface area (Å²) in [6.45, 7) is 2.72. The Labute approximate surface area is 173 Å². The van der Waals surface area contributed by atoms with Gasteiger partial charge in [0.1, 0.15) is 5.60 Å². The molecule has 164 valence electrons. The van der Waals surface area contributed by atoms with E-state index in [2.05, 4.69) is 0 Å². The molecule has 8 nitrogen and oxygen atoms in total. The first-order valence-corrected chi connectivity index (χ1v) is 9.99. The summed E-state index contributed by atoms with van der Waals surface area (Å²) in [6, 6.07) is 8.26. The molecule has 1 atom stereocenters. The normalized spacial score (nSPS) is 27.9. The summed E-state index contributed by atoms with van der Waals surface area (Å²) in [5, 5.41) is 0. The predicted molar refractivity (Wildman–Crippen MR) is 102 cm³/mol. The summed E-state index contributed by atoms with van der Waals surface area (Å²) in [7, 11) is 0. The third-order valence-corrected chi connectivity index (χ3v) is 5.52. The van der Waals surface area contributed by atoms with Gasteiger partial charge in [-0.1, -0.05) is 18.2 Å². The number of benzene rings is 1. The SMILES string of the molecule is O=C(CN1CCOCC1)N1CCOCC2(C1)CN(c1ccccc1)C(=O)C(F)(F)O2. The number of hydrogen-bond acceptors (Lipinski definition) is 6. The Kier molecular flexibility index (Phi) is 6.01. The zero-order valence-electron chi connectivity index (χ0n) is 16.6. The molecule has 0 radical (unpaired) electrons. The molecular formula is C20H25F2N3O5. The van der Waals surface area contributed by atoms with Crippen molar-refractivity contribution in [2.45, 2.75) is 11.7 Å². The van der Waals surface area contributed by atoms with E-state index in [0.29, 0.717) is 32.0 Å². The second-order valence-corrected chi connectivity index (χ2v) is 7.79. The number of alkyl halides is 2. The van der Waals surface area contributed by atoms with Crippen LogP contribution in [-0.4, -0.2) is 99.0 Å². The summed E-state index contributed by atoms with van der Waals surface area (Å²) >= 11 is 0. The highest BCUT2D eigenvalue weighted by atomic mass is 19.3. The minimum atomic E-state index is -4.01. The zero-order chi connectivity index (χ0) is 21.2. The molecule has 1 aromatic rings. The van der Waals surface area contributed by atoms with Crippen molar-refractivity contribution in [1.82, 2.24) is 9.80 Å². The topological polar surface area (TPSA) is 71.6 Å². The second kappa shape index (κ2) is 8.54. The number of para-hydroxylation sites is 1. The first-order chi connectivity index (χ1) is 14.4. The molecule has 3 aliphatic heterocycles. The van der Waals surface area contributed by atoms with Gasteiger partial charge in [-0.3, -0.25) is 19.2 Å². The molecule has 1 unspecified atom stereocenters. The largest absolute Gasteiger partial charge is 0.437 e. The van der Waals surface area contributed by atoms with Gasteiger partial charge in [-0.2, -0.15) is 8.78 Å². The minimum absolute atomic E-state index is 0.0810. The number of carbonyl (C=O) groups excluding carboxylic acids is 2. The molecule has 2 amide bonds. The van der Waals surface area contributed by atoms with Gasteiger partial charge in [0, 0.05) is 25.3 Å². The Balaban J connectivity index is 1.54. The van der Waals surface area contributed by atoms with Gasteiger partial charge in [-0.15, -0.1) is 0 Å². The zero-order valence-corrected chi connectivity index (χ0v) is 16.6. The number of morpholine rings is 2. The summed E-state index contributed by atoms with van der Waals surface area (Å²) < 4.78 is 45.1. The van der Waals surface area contributed by atoms with Crippen molar-refractivity contribution in [3.05, 3.63) is 30.3 Å². The van der Waals surface area contributed by atoms with Crippen molar-refractivity contribution in [2.24, 2.45) is 0 Å². The van der Waals surface area contributed by atoms with Crippen LogP contribution in [0, 0.1) is 0 Å². The lowest BCUT2D eigenvalue weighted by Crippen LogP contribution is -2.67. The molecule has 1 spiro atoms. The number of hydrogen-bond donors (Lipinski definition) is 0. The van der Waals surface area contributed by atoms with E-state index in [9.17, 15) is 18.4 Å². The lowest BCUT2D eigenvalue weighted by Gasteiger charge is -2.45. The van der Waals surface area contributed by atoms with E-state index >= 15 is 0 Å². The van der Waals surface area contributed by atoms with Crippen LogP contribution in [-0.2, 0) is 23.8 Å². The lowest BCUT2D eigenvalue weighted by molar-refractivity contribution is -0.293. The van der Waals surface area contributed by atoms with E-state index in [1.807, 2.05) is 4.90 Å². The third kappa shape index (κ3) is 4.46. The molecule has 0 aliphatic carbocycles. The maximum atomic E-state index is 14.6. The number of ether oxygens (including phenoxy) is 3. The van der Waals surface area contributed by atoms with Crippen molar-refractivity contribution >= 4 is 17.5 Å². The van der Waals surface area contributed by atoms with Crippen LogP contribution in [0.25, 0.3) is 0 Å². The van der Waals surface area contributed by atoms with Gasteiger partial charge in [0.15, 0.2) is 0 Å². The number of nitrogens with zero attached hydrogens (tertiary/aromatic N) is 3. The van der Waals surface area contributed by atoms with Gasteiger partial charge < -0.3 is 19.3 Å². The van der Waals surface area contributed by atoms with E-state index in [4.69, 9.17) is 14.2 Å². The Hall–Kier alpha value is -2.14. The fourth-order valence-electron chi connectivity index (χ4n) is 4.01. The van der Waals surface area contributed by atoms with Crippen LogP contribution in [0.4, 0.5) is 14.5 Å². The Morgan fingerprint density at radius 2 is 1.70 bits per heavy atom. The van der Waals surface area contributed by atoms with Crippen LogP contribution >= 0.6 is 0 Å². The fraction of sp³-hybridized carbons (Fsp3) is 0.600. The maximum absolute atomic E-state index is 14.6. The highest BCUT2D eigenvalue weighted by Crippen LogP contribution is 2.36. The molecule has 0 N–H and O–H groups in total. The van der Waals surface area contributed by atoms with Crippen LogP contribution in [0.2, 0.25) is 0 Å².